The van der Waals surface area contributed by atoms with E-state index in [1.165, 1.54) is 19.3 Å². The second-order valence-corrected chi connectivity index (χ2v) is 5.45. The van der Waals surface area contributed by atoms with Crippen molar-refractivity contribution >= 4 is 17.3 Å². The van der Waals surface area contributed by atoms with Gasteiger partial charge in [-0.1, -0.05) is 30.9 Å². The first kappa shape index (κ1) is 12.4. The second-order valence-electron chi connectivity index (χ2n) is 5.05. The van der Waals surface area contributed by atoms with Gasteiger partial charge in [0.1, 0.15) is 0 Å². The summed E-state index contributed by atoms with van der Waals surface area (Å²) in [5.41, 5.74) is 7.27. The average Bonchev–Trinajstić information content (AvgIpc) is 2.79. The summed E-state index contributed by atoms with van der Waals surface area (Å²) in [6, 6.07) is 5.48. The molecule has 1 aromatic heterocycles. The van der Waals surface area contributed by atoms with Gasteiger partial charge in [-0.15, -0.1) is 5.10 Å². The van der Waals surface area contributed by atoms with Gasteiger partial charge in [-0.25, -0.2) is 4.68 Å². The first-order valence-corrected chi connectivity index (χ1v) is 6.93. The topological polar surface area (TPSA) is 69.6 Å². The molecule has 1 heterocycles. The molecule has 2 aromatic rings. The SMILES string of the molecule is Nc1cc(-c2nnnn2CCC2CCC2)ccc1Cl. The third-order valence-electron chi connectivity index (χ3n) is 3.76. The molecule has 1 aromatic carbocycles. The van der Waals surface area contributed by atoms with E-state index in [0.29, 0.717) is 10.7 Å². The zero-order valence-corrected chi connectivity index (χ0v) is 11.3. The number of hydrogen-bond donors (Lipinski definition) is 1. The molecule has 6 heteroatoms. The Morgan fingerprint density at radius 2 is 2.21 bits per heavy atom. The summed E-state index contributed by atoms with van der Waals surface area (Å²) < 4.78 is 1.85. The number of aromatic nitrogens is 4. The van der Waals surface area contributed by atoms with Crippen molar-refractivity contribution in [1.29, 1.82) is 0 Å². The van der Waals surface area contributed by atoms with Crippen LogP contribution in [0.1, 0.15) is 25.7 Å². The third kappa shape index (κ3) is 2.56. The van der Waals surface area contributed by atoms with E-state index in [1.807, 2.05) is 16.8 Å². The summed E-state index contributed by atoms with van der Waals surface area (Å²) in [6.07, 6.45) is 5.18. The van der Waals surface area contributed by atoms with Gasteiger partial charge in [0.2, 0.25) is 0 Å². The number of halogens is 1. The summed E-state index contributed by atoms with van der Waals surface area (Å²) >= 11 is 5.93. The van der Waals surface area contributed by atoms with Gasteiger partial charge < -0.3 is 5.73 Å². The normalized spacial score (nSPS) is 15.4. The molecule has 0 aliphatic heterocycles. The maximum atomic E-state index is 5.93. The predicted octanol–water partition coefficient (Wildman–Crippen LogP) is 2.77. The van der Waals surface area contributed by atoms with Gasteiger partial charge in [0.15, 0.2) is 5.82 Å². The van der Waals surface area contributed by atoms with E-state index in [0.717, 1.165) is 30.3 Å². The molecule has 2 N–H and O–H groups in total. The summed E-state index contributed by atoms with van der Waals surface area (Å²) in [6.45, 7) is 0.857. The van der Waals surface area contributed by atoms with E-state index in [1.54, 1.807) is 6.07 Å². The lowest BCUT2D eigenvalue weighted by atomic mass is 9.83. The largest absolute Gasteiger partial charge is 0.398 e. The lowest BCUT2D eigenvalue weighted by Crippen LogP contribution is -2.15. The molecule has 19 heavy (non-hydrogen) atoms. The lowest BCUT2D eigenvalue weighted by Gasteiger charge is -2.24. The molecule has 3 rings (SSSR count). The highest BCUT2D eigenvalue weighted by Crippen LogP contribution is 2.30. The van der Waals surface area contributed by atoms with Crippen LogP contribution in [0.4, 0.5) is 5.69 Å². The molecule has 5 nitrogen and oxygen atoms in total. The highest BCUT2D eigenvalue weighted by molar-refractivity contribution is 6.33. The maximum Gasteiger partial charge on any atom is 0.182 e. The van der Waals surface area contributed by atoms with Crippen LogP contribution >= 0.6 is 11.6 Å². The van der Waals surface area contributed by atoms with Crippen molar-refractivity contribution in [1.82, 2.24) is 20.2 Å². The van der Waals surface area contributed by atoms with Crippen LogP contribution in [0.2, 0.25) is 5.02 Å². The Morgan fingerprint density at radius 1 is 1.37 bits per heavy atom. The molecular weight excluding hydrogens is 262 g/mol. The smallest absolute Gasteiger partial charge is 0.182 e. The molecule has 0 saturated heterocycles. The zero-order valence-electron chi connectivity index (χ0n) is 10.6. The molecule has 1 aliphatic rings. The molecule has 0 amide bonds. The van der Waals surface area contributed by atoms with Crippen LogP contribution in [0.25, 0.3) is 11.4 Å². The summed E-state index contributed by atoms with van der Waals surface area (Å²) in [4.78, 5) is 0. The minimum absolute atomic E-state index is 0.549. The Kier molecular flexibility index (Phi) is 3.38. The summed E-state index contributed by atoms with van der Waals surface area (Å²) in [5, 5.41) is 12.5. The molecule has 100 valence electrons. The average molecular weight is 278 g/mol. The molecular formula is C13H16ClN5. The molecule has 0 spiro atoms. The van der Waals surface area contributed by atoms with Crippen LogP contribution in [-0.2, 0) is 6.54 Å². The maximum absolute atomic E-state index is 5.93. The quantitative estimate of drug-likeness (QED) is 0.873. The highest BCUT2D eigenvalue weighted by Gasteiger charge is 2.18. The Morgan fingerprint density at radius 3 is 2.89 bits per heavy atom. The molecule has 1 fully saturated rings. The van der Waals surface area contributed by atoms with Crippen molar-refractivity contribution in [3.8, 4) is 11.4 Å². The predicted molar refractivity (Wildman–Crippen MR) is 74.6 cm³/mol. The van der Waals surface area contributed by atoms with E-state index < -0.39 is 0 Å². The van der Waals surface area contributed by atoms with Gasteiger partial charge in [-0.3, -0.25) is 0 Å². The number of rotatable bonds is 4. The number of nitrogens with zero attached hydrogens (tertiary/aromatic N) is 4. The van der Waals surface area contributed by atoms with Gasteiger partial charge >= 0.3 is 0 Å². The van der Waals surface area contributed by atoms with E-state index in [-0.39, 0.29) is 0 Å². The van der Waals surface area contributed by atoms with Gasteiger partial charge in [0.05, 0.1) is 10.7 Å². The first-order valence-electron chi connectivity index (χ1n) is 6.55. The molecule has 1 aliphatic carbocycles. The lowest BCUT2D eigenvalue weighted by molar-refractivity contribution is 0.277. The van der Waals surface area contributed by atoms with Crippen molar-refractivity contribution in [3.63, 3.8) is 0 Å². The molecule has 0 atom stereocenters. The van der Waals surface area contributed by atoms with Crippen LogP contribution in [0.3, 0.4) is 0 Å². The number of nitrogens with two attached hydrogens (primary N) is 1. The number of anilines is 1. The van der Waals surface area contributed by atoms with Crippen molar-refractivity contribution < 1.29 is 0 Å². The monoisotopic (exact) mass is 277 g/mol. The molecule has 0 radical (unpaired) electrons. The van der Waals surface area contributed by atoms with Gasteiger partial charge in [-0.2, -0.15) is 0 Å². The fourth-order valence-corrected chi connectivity index (χ4v) is 2.45. The Labute approximate surface area is 116 Å². The number of hydrogen-bond acceptors (Lipinski definition) is 4. The van der Waals surface area contributed by atoms with E-state index >= 15 is 0 Å². The van der Waals surface area contributed by atoms with Crippen LogP contribution in [0, 0.1) is 5.92 Å². The van der Waals surface area contributed by atoms with Crippen LogP contribution in [0.5, 0.6) is 0 Å². The van der Waals surface area contributed by atoms with Crippen LogP contribution in [-0.4, -0.2) is 20.2 Å². The van der Waals surface area contributed by atoms with Crippen molar-refractivity contribution in [3.05, 3.63) is 23.2 Å². The van der Waals surface area contributed by atoms with Gasteiger partial charge in [-0.05, 0) is 41.0 Å². The minimum atomic E-state index is 0.549. The van der Waals surface area contributed by atoms with Crippen LogP contribution in [0.15, 0.2) is 18.2 Å². The number of tetrazole rings is 1. The number of aryl methyl sites for hydroxylation is 1. The number of nitrogen functional groups attached to an aromatic ring is 1. The first-order chi connectivity index (χ1) is 9.24. The van der Waals surface area contributed by atoms with Gasteiger partial charge in [0.25, 0.3) is 0 Å². The third-order valence-corrected chi connectivity index (χ3v) is 4.10. The fraction of sp³-hybridized carbons (Fsp3) is 0.462. The minimum Gasteiger partial charge on any atom is -0.398 e. The zero-order chi connectivity index (χ0) is 13.2. The second kappa shape index (κ2) is 5.17. The fourth-order valence-electron chi connectivity index (χ4n) is 2.33. The number of benzene rings is 1. The Bertz CT molecular complexity index is 576. The molecule has 0 unspecified atom stereocenters. The molecule has 0 bridgehead atoms. The van der Waals surface area contributed by atoms with Gasteiger partial charge in [0, 0.05) is 12.1 Å². The van der Waals surface area contributed by atoms with Crippen molar-refractivity contribution in [2.45, 2.75) is 32.2 Å². The highest BCUT2D eigenvalue weighted by atomic mass is 35.5. The standard InChI is InChI=1S/C13H16ClN5/c14-11-5-4-10(8-12(11)15)13-16-17-18-19(13)7-6-9-2-1-3-9/h4-5,8-9H,1-3,6-7,15H2. The van der Waals surface area contributed by atoms with E-state index in [4.69, 9.17) is 17.3 Å². The molecule has 1 saturated carbocycles. The van der Waals surface area contributed by atoms with Crippen molar-refractivity contribution in [2.75, 3.05) is 5.73 Å². The summed E-state index contributed by atoms with van der Waals surface area (Å²) in [5.74, 6) is 1.59. The Hall–Kier alpha value is -1.62. The van der Waals surface area contributed by atoms with Crippen LogP contribution < -0.4 is 5.73 Å². The summed E-state index contributed by atoms with van der Waals surface area (Å²) in [7, 11) is 0. The van der Waals surface area contributed by atoms with Crippen molar-refractivity contribution in [2.24, 2.45) is 5.92 Å². The Balaban J connectivity index is 1.79. The van der Waals surface area contributed by atoms with E-state index in [2.05, 4.69) is 15.5 Å². The van der Waals surface area contributed by atoms with E-state index in [9.17, 15) is 0 Å².